The molecule has 0 aromatic heterocycles. The van der Waals surface area contributed by atoms with Crippen LogP contribution >= 0.6 is 0 Å². The van der Waals surface area contributed by atoms with Gasteiger partial charge < -0.3 is 15.4 Å². The summed E-state index contributed by atoms with van der Waals surface area (Å²) in [6.07, 6.45) is 0. The summed E-state index contributed by atoms with van der Waals surface area (Å²) in [5, 5.41) is 6.10. The predicted octanol–water partition coefficient (Wildman–Crippen LogP) is 3.57. The molecule has 110 valence electrons. The van der Waals surface area contributed by atoms with Gasteiger partial charge in [-0.25, -0.2) is 0 Å². The van der Waals surface area contributed by atoms with Crippen molar-refractivity contribution in [2.24, 2.45) is 0 Å². The third-order valence-corrected chi connectivity index (χ3v) is 3.16. The number of hydrogen-bond acceptors (Lipinski definition) is 3. The molecule has 0 bridgehead atoms. The summed E-state index contributed by atoms with van der Waals surface area (Å²) in [5.41, 5.74) is 4.13. The lowest BCUT2D eigenvalue weighted by Gasteiger charge is -2.10. The maximum Gasteiger partial charge on any atom is 0.221 e. The molecule has 0 fully saturated rings. The molecule has 0 saturated heterocycles. The molecule has 0 radical (unpaired) electrons. The number of rotatable bonds is 5. The van der Waals surface area contributed by atoms with Crippen LogP contribution in [0.1, 0.15) is 18.1 Å². The standard InChI is InChI=1S/C17H20N2O2/c1-12-10-14(4-9-17(12)21-3)11-18-15-5-7-16(8-6-15)19-13(2)20/h4-10,18H,11H2,1-3H3,(H,19,20). The fourth-order valence-corrected chi connectivity index (χ4v) is 2.13. The monoisotopic (exact) mass is 284 g/mol. The highest BCUT2D eigenvalue weighted by molar-refractivity contribution is 5.88. The van der Waals surface area contributed by atoms with Crippen molar-refractivity contribution in [2.45, 2.75) is 20.4 Å². The van der Waals surface area contributed by atoms with E-state index in [9.17, 15) is 4.79 Å². The summed E-state index contributed by atoms with van der Waals surface area (Å²) in [7, 11) is 1.68. The van der Waals surface area contributed by atoms with E-state index in [-0.39, 0.29) is 5.91 Å². The molecule has 2 rings (SSSR count). The Kier molecular flexibility index (Phi) is 4.82. The minimum atomic E-state index is -0.0654. The maximum absolute atomic E-state index is 11.0. The van der Waals surface area contributed by atoms with Gasteiger partial charge in [0.2, 0.25) is 5.91 Å². The van der Waals surface area contributed by atoms with Crippen molar-refractivity contribution in [3.05, 3.63) is 53.6 Å². The van der Waals surface area contributed by atoms with Crippen LogP contribution in [-0.2, 0) is 11.3 Å². The van der Waals surface area contributed by atoms with Crippen LogP contribution < -0.4 is 15.4 Å². The van der Waals surface area contributed by atoms with E-state index in [1.807, 2.05) is 43.3 Å². The van der Waals surface area contributed by atoms with E-state index in [0.717, 1.165) is 29.2 Å². The molecule has 0 heterocycles. The van der Waals surface area contributed by atoms with Crippen molar-refractivity contribution in [1.29, 1.82) is 0 Å². The van der Waals surface area contributed by atoms with Crippen LogP contribution in [0.15, 0.2) is 42.5 Å². The summed E-state index contributed by atoms with van der Waals surface area (Å²) < 4.78 is 5.25. The molecule has 2 aromatic carbocycles. The zero-order chi connectivity index (χ0) is 15.2. The highest BCUT2D eigenvalue weighted by Crippen LogP contribution is 2.20. The van der Waals surface area contributed by atoms with Crippen LogP contribution in [0.2, 0.25) is 0 Å². The van der Waals surface area contributed by atoms with E-state index in [1.54, 1.807) is 7.11 Å². The van der Waals surface area contributed by atoms with Gasteiger partial charge in [-0.3, -0.25) is 4.79 Å². The number of carbonyl (C=O) groups excluding carboxylic acids is 1. The number of benzene rings is 2. The van der Waals surface area contributed by atoms with Gasteiger partial charge in [0.15, 0.2) is 0 Å². The highest BCUT2D eigenvalue weighted by Gasteiger charge is 2.01. The Morgan fingerprint density at radius 2 is 1.76 bits per heavy atom. The first-order valence-corrected chi connectivity index (χ1v) is 6.83. The molecule has 2 aromatic rings. The number of hydrogen-bond donors (Lipinski definition) is 2. The summed E-state index contributed by atoms with van der Waals surface area (Å²) in [4.78, 5) is 11.0. The third kappa shape index (κ3) is 4.24. The van der Waals surface area contributed by atoms with Gasteiger partial charge in [-0.15, -0.1) is 0 Å². The molecule has 0 saturated carbocycles. The largest absolute Gasteiger partial charge is 0.496 e. The number of anilines is 2. The second-order valence-corrected chi connectivity index (χ2v) is 4.92. The zero-order valence-electron chi connectivity index (χ0n) is 12.6. The van der Waals surface area contributed by atoms with Gasteiger partial charge in [-0.1, -0.05) is 12.1 Å². The van der Waals surface area contributed by atoms with Crippen molar-refractivity contribution >= 4 is 17.3 Å². The number of ether oxygens (including phenoxy) is 1. The van der Waals surface area contributed by atoms with Crippen molar-refractivity contribution in [1.82, 2.24) is 0 Å². The lowest BCUT2D eigenvalue weighted by molar-refractivity contribution is -0.114. The normalized spacial score (nSPS) is 10.0. The van der Waals surface area contributed by atoms with Gasteiger partial charge in [0.1, 0.15) is 5.75 Å². The van der Waals surface area contributed by atoms with Crippen molar-refractivity contribution < 1.29 is 9.53 Å². The second kappa shape index (κ2) is 6.79. The minimum absolute atomic E-state index is 0.0654. The average Bonchev–Trinajstić information content (AvgIpc) is 2.46. The maximum atomic E-state index is 11.0. The van der Waals surface area contributed by atoms with Crippen LogP contribution in [0.5, 0.6) is 5.75 Å². The fourth-order valence-electron chi connectivity index (χ4n) is 2.13. The first-order chi connectivity index (χ1) is 10.1. The molecule has 0 unspecified atom stereocenters. The highest BCUT2D eigenvalue weighted by atomic mass is 16.5. The van der Waals surface area contributed by atoms with Crippen LogP contribution in [0.25, 0.3) is 0 Å². The van der Waals surface area contributed by atoms with Gasteiger partial charge in [0.05, 0.1) is 7.11 Å². The van der Waals surface area contributed by atoms with Crippen molar-refractivity contribution in [3.8, 4) is 5.75 Å². The summed E-state index contributed by atoms with van der Waals surface area (Å²) in [6, 6.07) is 13.8. The first-order valence-electron chi connectivity index (χ1n) is 6.83. The molecule has 4 nitrogen and oxygen atoms in total. The number of amides is 1. The van der Waals surface area contributed by atoms with E-state index < -0.39 is 0 Å². The van der Waals surface area contributed by atoms with Gasteiger partial charge >= 0.3 is 0 Å². The minimum Gasteiger partial charge on any atom is -0.496 e. The number of carbonyl (C=O) groups is 1. The molecular weight excluding hydrogens is 264 g/mol. The number of methoxy groups -OCH3 is 1. The molecule has 0 aliphatic rings. The molecule has 0 spiro atoms. The van der Waals surface area contributed by atoms with E-state index in [1.165, 1.54) is 12.5 Å². The smallest absolute Gasteiger partial charge is 0.221 e. The number of aryl methyl sites for hydroxylation is 1. The Morgan fingerprint density at radius 1 is 1.10 bits per heavy atom. The average molecular weight is 284 g/mol. The Hall–Kier alpha value is -2.49. The first kappa shape index (κ1) is 14.9. The zero-order valence-corrected chi connectivity index (χ0v) is 12.6. The summed E-state index contributed by atoms with van der Waals surface area (Å²) in [5.74, 6) is 0.836. The predicted molar refractivity (Wildman–Crippen MR) is 85.8 cm³/mol. The lowest BCUT2D eigenvalue weighted by atomic mass is 10.1. The second-order valence-electron chi connectivity index (χ2n) is 4.92. The molecule has 0 aliphatic carbocycles. The molecule has 21 heavy (non-hydrogen) atoms. The van der Waals surface area contributed by atoms with Gasteiger partial charge in [-0.2, -0.15) is 0 Å². The van der Waals surface area contributed by atoms with Gasteiger partial charge in [0, 0.05) is 24.8 Å². The van der Waals surface area contributed by atoms with Crippen LogP contribution in [0, 0.1) is 6.92 Å². The molecule has 1 amide bonds. The SMILES string of the molecule is COc1ccc(CNc2ccc(NC(C)=O)cc2)cc1C. The molecule has 2 N–H and O–H groups in total. The van der Waals surface area contributed by atoms with Gasteiger partial charge in [0.25, 0.3) is 0 Å². The molecule has 4 heteroatoms. The van der Waals surface area contributed by atoms with Gasteiger partial charge in [-0.05, 0) is 48.4 Å². The molecule has 0 aliphatic heterocycles. The van der Waals surface area contributed by atoms with Crippen molar-refractivity contribution in [3.63, 3.8) is 0 Å². The van der Waals surface area contributed by atoms with E-state index in [0.29, 0.717) is 0 Å². The Morgan fingerprint density at radius 3 is 2.33 bits per heavy atom. The quantitative estimate of drug-likeness (QED) is 0.882. The molecular formula is C17H20N2O2. The van der Waals surface area contributed by atoms with E-state index >= 15 is 0 Å². The lowest BCUT2D eigenvalue weighted by Crippen LogP contribution is -2.05. The van der Waals surface area contributed by atoms with Crippen LogP contribution in [0.3, 0.4) is 0 Å². The van der Waals surface area contributed by atoms with Crippen LogP contribution in [0.4, 0.5) is 11.4 Å². The van der Waals surface area contributed by atoms with E-state index in [2.05, 4.69) is 16.7 Å². The Bertz CT molecular complexity index is 621. The Balaban J connectivity index is 1.96. The number of nitrogens with one attached hydrogen (secondary N) is 2. The van der Waals surface area contributed by atoms with Crippen molar-refractivity contribution in [2.75, 3.05) is 17.7 Å². The topological polar surface area (TPSA) is 50.4 Å². The van der Waals surface area contributed by atoms with Crippen LogP contribution in [-0.4, -0.2) is 13.0 Å². The third-order valence-electron chi connectivity index (χ3n) is 3.16. The Labute approximate surface area is 125 Å². The molecule has 0 atom stereocenters. The van der Waals surface area contributed by atoms with E-state index in [4.69, 9.17) is 4.74 Å². The summed E-state index contributed by atoms with van der Waals surface area (Å²) >= 11 is 0. The summed E-state index contributed by atoms with van der Waals surface area (Å²) in [6.45, 7) is 4.27. The fraction of sp³-hybridized carbons (Fsp3) is 0.235.